The number of aliphatic carboxylic acids is 1. The first-order valence-electron chi connectivity index (χ1n) is 5.38. The highest BCUT2D eigenvalue weighted by Gasteiger charge is 2.33. The van der Waals surface area contributed by atoms with Gasteiger partial charge in [-0.1, -0.05) is 0 Å². The van der Waals surface area contributed by atoms with Crippen LogP contribution in [0.3, 0.4) is 0 Å². The van der Waals surface area contributed by atoms with Gasteiger partial charge < -0.3 is 20.0 Å². The molecule has 0 radical (unpaired) electrons. The Kier molecular flexibility index (Phi) is 2.99. The fraction of sp³-hybridized carbons (Fsp3) is 0.500. The fourth-order valence-electron chi connectivity index (χ4n) is 1.65. The number of carboxylic acids is 1. The Labute approximate surface area is 96.4 Å². The van der Waals surface area contributed by atoms with E-state index in [0.29, 0.717) is 0 Å². The zero-order chi connectivity index (χ0) is 12.4. The van der Waals surface area contributed by atoms with Crippen molar-refractivity contribution in [2.24, 2.45) is 0 Å². The van der Waals surface area contributed by atoms with E-state index in [1.165, 1.54) is 11.1 Å². The van der Waals surface area contributed by atoms with Gasteiger partial charge in [-0.05, 0) is 12.8 Å². The lowest BCUT2D eigenvalue weighted by Gasteiger charge is -2.20. The Morgan fingerprint density at radius 2 is 2.18 bits per heavy atom. The van der Waals surface area contributed by atoms with Crippen molar-refractivity contribution in [2.45, 2.75) is 25.3 Å². The first-order valence-corrected chi connectivity index (χ1v) is 5.38. The number of carbonyl (C=O) groups excluding carboxylic acids is 1. The molecule has 1 aromatic heterocycles. The summed E-state index contributed by atoms with van der Waals surface area (Å²) < 4.78 is 0. The van der Waals surface area contributed by atoms with Gasteiger partial charge in [-0.2, -0.15) is 0 Å². The molecule has 1 saturated carbocycles. The maximum absolute atomic E-state index is 12.0. The molecular formula is C10H13N3O4. The minimum Gasteiger partial charge on any atom is -0.481 e. The van der Waals surface area contributed by atoms with Gasteiger partial charge in [0.1, 0.15) is 5.69 Å². The van der Waals surface area contributed by atoms with Crippen molar-refractivity contribution in [1.29, 1.82) is 0 Å². The molecule has 0 spiro atoms. The molecule has 0 saturated heterocycles. The van der Waals surface area contributed by atoms with Gasteiger partial charge in [0.15, 0.2) is 0 Å². The van der Waals surface area contributed by atoms with Crippen molar-refractivity contribution in [1.82, 2.24) is 14.9 Å². The molecule has 1 heterocycles. The highest BCUT2D eigenvalue weighted by Crippen LogP contribution is 2.27. The second kappa shape index (κ2) is 4.44. The lowest BCUT2D eigenvalue weighted by Crippen LogP contribution is -2.35. The molecule has 92 valence electrons. The van der Waals surface area contributed by atoms with Crippen LogP contribution in [-0.2, 0) is 4.79 Å². The fourth-order valence-corrected chi connectivity index (χ4v) is 1.65. The predicted molar refractivity (Wildman–Crippen MR) is 57.7 cm³/mol. The van der Waals surface area contributed by atoms with E-state index in [1.807, 2.05) is 0 Å². The van der Waals surface area contributed by atoms with Crippen LogP contribution in [0.5, 0.6) is 0 Å². The van der Waals surface area contributed by atoms with Gasteiger partial charge in [-0.3, -0.25) is 9.59 Å². The Morgan fingerprint density at radius 1 is 1.47 bits per heavy atom. The summed E-state index contributed by atoms with van der Waals surface area (Å²) in [7, 11) is 0. The largest absolute Gasteiger partial charge is 0.481 e. The van der Waals surface area contributed by atoms with Crippen molar-refractivity contribution in [3.63, 3.8) is 0 Å². The predicted octanol–water partition coefficient (Wildman–Crippen LogP) is -0.218. The number of hydrogen-bond donors (Lipinski definition) is 3. The van der Waals surface area contributed by atoms with E-state index in [1.54, 1.807) is 0 Å². The van der Waals surface area contributed by atoms with Crippen LogP contribution >= 0.6 is 0 Å². The Morgan fingerprint density at radius 3 is 2.65 bits per heavy atom. The van der Waals surface area contributed by atoms with Crippen LogP contribution in [0.1, 0.15) is 29.8 Å². The Balaban J connectivity index is 2.07. The Bertz CT molecular complexity index is 486. The minimum absolute atomic E-state index is 0.0864. The number of hydrogen-bond acceptors (Lipinski definition) is 3. The summed E-state index contributed by atoms with van der Waals surface area (Å²) in [4.78, 5) is 39.6. The van der Waals surface area contributed by atoms with E-state index in [4.69, 9.17) is 5.11 Å². The third kappa shape index (κ3) is 2.74. The summed E-state index contributed by atoms with van der Waals surface area (Å²) in [5.41, 5.74) is -0.269. The standard InChI is InChI=1S/C10H13N3O4/c14-8(15)3-4-13(6-1-2-6)9(16)7-5-11-10(17)12-7/h5-6H,1-4H2,(H,14,15)(H2,11,12,17). The number of amides is 1. The number of aromatic nitrogens is 2. The number of carbonyl (C=O) groups is 2. The van der Waals surface area contributed by atoms with E-state index in [9.17, 15) is 14.4 Å². The lowest BCUT2D eigenvalue weighted by atomic mass is 10.3. The van der Waals surface area contributed by atoms with Crippen molar-refractivity contribution < 1.29 is 14.7 Å². The maximum atomic E-state index is 12.0. The maximum Gasteiger partial charge on any atom is 0.323 e. The van der Waals surface area contributed by atoms with Gasteiger partial charge in [-0.25, -0.2) is 4.79 Å². The van der Waals surface area contributed by atoms with E-state index in [-0.39, 0.29) is 30.6 Å². The normalized spacial score (nSPS) is 14.6. The molecule has 0 bridgehead atoms. The zero-order valence-corrected chi connectivity index (χ0v) is 9.10. The summed E-state index contributed by atoms with van der Waals surface area (Å²) in [6, 6.07) is 0.111. The van der Waals surface area contributed by atoms with Crippen LogP contribution in [-0.4, -0.2) is 44.4 Å². The number of nitrogens with one attached hydrogen (secondary N) is 2. The van der Waals surface area contributed by atoms with Crippen LogP contribution in [0.15, 0.2) is 11.0 Å². The molecule has 0 unspecified atom stereocenters. The monoisotopic (exact) mass is 239 g/mol. The number of H-pyrrole nitrogens is 2. The second-order valence-electron chi connectivity index (χ2n) is 4.03. The van der Waals surface area contributed by atoms with Gasteiger partial charge in [0.25, 0.3) is 5.91 Å². The highest BCUT2D eigenvalue weighted by atomic mass is 16.4. The molecule has 17 heavy (non-hydrogen) atoms. The van der Waals surface area contributed by atoms with Crippen molar-refractivity contribution >= 4 is 11.9 Å². The van der Waals surface area contributed by atoms with Gasteiger partial charge >= 0.3 is 11.7 Å². The first-order chi connectivity index (χ1) is 8.08. The summed E-state index contributed by atoms with van der Waals surface area (Å²) in [6.45, 7) is 0.173. The van der Waals surface area contributed by atoms with E-state index in [0.717, 1.165) is 12.8 Å². The molecule has 0 atom stereocenters. The quantitative estimate of drug-likeness (QED) is 0.660. The van der Waals surface area contributed by atoms with Gasteiger partial charge in [0, 0.05) is 18.8 Å². The molecule has 1 aliphatic rings. The second-order valence-corrected chi connectivity index (χ2v) is 4.03. The average Bonchev–Trinajstić information content (AvgIpc) is 3.00. The van der Waals surface area contributed by atoms with Crippen LogP contribution in [0, 0.1) is 0 Å². The summed E-state index contributed by atoms with van der Waals surface area (Å²) in [6.07, 6.45) is 3.00. The molecule has 1 fully saturated rings. The lowest BCUT2D eigenvalue weighted by molar-refractivity contribution is -0.137. The summed E-state index contributed by atoms with van der Waals surface area (Å²) >= 11 is 0. The highest BCUT2D eigenvalue weighted by molar-refractivity contribution is 5.92. The molecule has 0 aliphatic heterocycles. The minimum atomic E-state index is -0.939. The van der Waals surface area contributed by atoms with Gasteiger partial charge in [0.2, 0.25) is 0 Å². The molecule has 7 heteroatoms. The zero-order valence-electron chi connectivity index (χ0n) is 9.10. The molecule has 0 aromatic carbocycles. The molecular weight excluding hydrogens is 226 g/mol. The average molecular weight is 239 g/mol. The summed E-state index contributed by atoms with van der Waals surface area (Å²) in [5, 5.41) is 8.62. The topological polar surface area (TPSA) is 106 Å². The van der Waals surface area contributed by atoms with Gasteiger partial charge in [-0.15, -0.1) is 0 Å². The molecule has 1 aliphatic carbocycles. The first kappa shape index (κ1) is 11.4. The number of imidazole rings is 1. The van der Waals surface area contributed by atoms with Crippen LogP contribution < -0.4 is 5.69 Å². The number of aromatic amines is 2. The third-order valence-electron chi connectivity index (χ3n) is 2.64. The van der Waals surface area contributed by atoms with Crippen LogP contribution in [0.4, 0.5) is 0 Å². The van der Waals surface area contributed by atoms with Crippen molar-refractivity contribution in [2.75, 3.05) is 6.54 Å². The van der Waals surface area contributed by atoms with Crippen molar-refractivity contribution in [3.8, 4) is 0 Å². The molecule has 1 amide bonds. The molecule has 2 rings (SSSR count). The molecule has 7 nitrogen and oxygen atoms in total. The van der Waals surface area contributed by atoms with Crippen LogP contribution in [0.25, 0.3) is 0 Å². The number of nitrogens with zero attached hydrogens (tertiary/aromatic N) is 1. The van der Waals surface area contributed by atoms with Crippen molar-refractivity contribution in [3.05, 3.63) is 22.4 Å². The van der Waals surface area contributed by atoms with Gasteiger partial charge in [0.05, 0.1) is 6.42 Å². The Hall–Kier alpha value is -2.05. The molecule has 3 N–H and O–H groups in total. The van der Waals surface area contributed by atoms with E-state index in [2.05, 4.69) is 9.97 Å². The number of carboxylic acid groups (broad SMARTS) is 1. The smallest absolute Gasteiger partial charge is 0.323 e. The third-order valence-corrected chi connectivity index (χ3v) is 2.64. The van der Waals surface area contributed by atoms with Crippen LogP contribution in [0.2, 0.25) is 0 Å². The van der Waals surface area contributed by atoms with E-state index < -0.39 is 11.7 Å². The molecule has 1 aromatic rings. The number of rotatable bonds is 5. The van der Waals surface area contributed by atoms with E-state index >= 15 is 0 Å². The summed E-state index contributed by atoms with van der Waals surface area (Å²) in [5.74, 6) is -1.27. The SMILES string of the molecule is O=C(O)CCN(C(=O)c1c[nH]c(=O)[nH]1)C1CC1.